The molecule has 0 aliphatic carbocycles. The van der Waals surface area contributed by atoms with Gasteiger partial charge >= 0.3 is 0 Å². The van der Waals surface area contributed by atoms with Gasteiger partial charge in [0, 0.05) is 22.3 Å². The molecule has 0 radical (unpaired) electrons. The van der Waals surface area contributed by atoms with E-state index in [1.807, 2.05) is 0 Å². The third kappa shape index (κ3) is 2.76. The summed E-state index contributed by atoms with van der Waals surface area (Å²) in [6.07, 6.45) is 2.16. The predicted molar refractivity (Wildman–Crippen MR) is 51.9 cm³/mol. The van der Waals surface area contributed by atoms with Gasteiger partial charge in [0.25, 0.3) is 0 Å². The first-order valence-corrected chi connectivity index (χ1v) is 3.84. The minimum atomic E-state index is -0.548. The first-order chi connectivity index (χ1) is 6.09. The summed E-state index contributed by atoms with van der Waals surface area (Å²) in [7, 11) is 0. The molecule has 0 aliphatic heterocycles. The molecule has 13 heavy (non-hydrogen) atoms. The summed E-state index contributed by atoms with van der Waals surface area (Å²) in [5, 5.41) is 10.5. The first-order valence-electron chi connectivity index (χ1n) is 3.46. The number of hydrogen-bond donors (Lipinski definition) is 1. The average molecular weight is 199 g/mol. The fourth-order valence-corrected chi connectivity index (χ4v) is 1.02. The second-order valence-corrected chi connectivity index (χ2v) is 2.81. The van der Waals surface area contributed by atoms with Crippen LogP contribution in [0.5, 0.6) is 0 Å². The SMILES string of the molecule is Nc1cc(Cl)ccc1/C=C/[N+](=O)[O-]. The zero-order chi connectivity index (χ0) is 9.84. The molecule has 0 aliphatic rings. The molecule has 4 nitrogen and oxygen atoms in total. The van der Waals surface area contributed by atoms with Gasteiger partial charge in [0.15, 0.2) is 0 Å². The summed E-state index contributed by atoms with van der Waals surface area (Å²) < 4.78 is 0. The summed E-state index contributed by atoms with van der Waals surface area (Å²) in [5.74, 6) is 0. The second kappa shape index (κ2) is 3.91. The van der Waals surface area contributed by atoms with E-state index in [0.717, 1.165) is 6.20 Å². The van der Waals surface area contributed by atoms with Crippen molar-refractivity contribution in [3.05, 3.63) is 45.1 Å². The monoisotopic (exact) mass is 198 g/mol. The Morgan fingerprint density at radius 3 is 2.77 bits per heavy atom. The fourth-order valence-electron chi connectivity index (χ4n) is 0.839. The quantitative estimate of drug-likeness (QED) is 0.450. The van der Waals surface area contributed by atoms with Crippen LogP contribution in [0.2, 0.25) is 5.02 Å². The minimum absolute atomic E-state index is 0.422. The van der Waals surface area contributed by atoms with E-state index in [0.29, 0.717) is 16.3 Å². The summed E-state index contributed by atoms with van der Waals surface area (Å²) >= 11 is 5.64. The third-order valence-electron chi connectivity index (χ3n) is 1.42. The molecular formula is C8H7ClN2O2. The molecule has 1 rings (SSSR count). The Morgan fingerprint density at radius 2 is 2.23 bits per heavy atom. The van der Waals surface area contributed by atoms with Crippen LogP contribution in [0.15, 0.2) is 24.4 Å². The Balaban J connectivity index is 2.96. The molecule has 5 heteroatoms. The van der Waals surface area contributed by atoms with Gasteiger partial charge in [-0.05, 0) is 12.1 Å². The lowest BCUT2D eigenvalue weighted by Gasteiger charge is -1.98. The second-order valence-electron chi connectivity index (χ2n) is 2.37. The highest BCUT2D eigenvalue weighted by atomic mass is 35.5. The smallest absolute Gasteiger partial charge is 0.235 e. The number of halogens is 1. The topological polar surface area (TPSA) is 69.2 Å². The van der Waals surface area contributed by atoms with Gasteiger partial charge in [-0.3, -0.25) is 10.1 Å². The molecule has 0 heterocycles. The van der Waals surface area contributed by atoms with Crippen LogP contribution in [-0.4, -0.2) is 4.92 Å². The number of hydrogen-bond acceptors (Lipinski definition) is 3. The lowest BCUT2D eigenvalue weighted by molar-refractivity contribution is -0.400. The zero-order valence-electron chi connectivity index (χ0n) is 6.61. The molecule has 0 unspecified atom stereocenters. The molecular weight excluding hydrogens is 192 g/mol. The van der Waals surface area contributed by atoms with Crippen LogP contribution >= 0.6 is 11.6 Å². The summed E-state index contributed by atoms with van der Waals surface area (Å²) in [5.41, 5.74) is 6.56. The van der Waals surface area contributed by atoms with Gasteiger partial charge in [-0.2, -0.15) is 0 Å². The standard InChI is InChI=1S/C8H7ClN2O2/c9-7-2-1-6(8(10)5-7)3-4-11(12)13/h1-5H,10H2/b4-3+. The van der Waals surface area contributed by atoms with Crippen LogP contribution in [0.4, 0.5) is 5.69 Å². The number of benzene rings is 1. The van der Waals surface area contributed by atoms with E-state index in [-0.39, 0.29) is 0 Å². The molecule has 68 valence electrons. The highest BCUT2D eigenvalue weighted by Gasteiger charge is 1.97. The van der Waals surface area contributed by atoms with Gasteiger partial charge in [-0.25, -0.2) is 0 Å². The van der Waals surface area contributed by atoms with Crippen molar-refractivity contribution in [3.63, 3.8) is 0 Å². The van der Waals surface area contributed by atoms with E-state index in [4.69, 9.17) is 17.3 Å². The molecule has 0 atom stereocenters. The summed E-state index contributed by atoms with van der Waals surface area (Å²) in [6.45, 7) is 0. The Bertz CT molecular complexity index is 363. The maximum absolute atomic E-state index is 10.0. The number of nitrogens with zero attached hydrogens (tertiary/aromatic N) is 1. The van der Waals surface area contributed by atoms with E-state index in [9.17, 15) is 10.1 Å². The van der Waals surface area contributed by atoms with Crippen molar-refractivity contribution in [1.82, 2.24) is 0 Å². The van der Waals surface area contributed by atoms with E-state index in [1.165, 1.54) is 6.08 Å². The van der Waals surface area contributed by atoms with Crippen molar-refractivity contribution < 1.29 is 4.92 Å². The van der Waals surface area contributed by atoms with Gasteiger partial charge in [0.2, 0.25) is 6.20 Å². The van der Waals surface area contributed by atoms with Crippen LogP contribution in [0.3, 0.4) is 0 Å². The third-order valence-corrected chi connectivity index (χ3v) is 1.66. The Labute approximate surface area is 79.8 Å². The van der Waals surface area contributed by atoms with Crippen LogP contribution in [0.25, 0.3) is 6.08 Å². The van der Waals surface area contributed by atoms with Crippen molar-refractivity contribution >= 4 is 23.4 Å². The lowest BCUT2D eigenvalue weighted by atomic mass is 10.2. The molecule has 0 aromatic heterocycles. The zero-order valence-corrected chi connectivity index (χ0v) is 7.36. The van der Waals surface area contributed by atoms with E-state index < -0.39 is 4.92 Å². The molecule has 0 fully saturated rings. The van der Waals surface area contributed by atoms with Gasteiger partial charge in [0.05, 0.1) is 4.92 Å². The lowest BCUT2D eigenvalue weighted by Crippen LogP contribution is -1.89. The summed E-state index contributed by atoms with van der Waals surface area (Å²) in [4.78, 5) is 9.46. The van der Waals surface area contributed by atoms with Gasteiger partial charge < -0.3 is 5.73 Å². The van der Waals surface area contributed by atoms with Gasteiger partial charge in [-0.1, -0.05) is 17.7 Å². The number of rotatable bonds is 2. The van der Waals surface area contributed by atoms with Crippen molar-refractivity contribution in [1.29, 1.82) is 0 Å². The van der Waals surface area contributed by atoms with Crippen molar-refractivity contribution in [2.24, 2.45) is 0 Å². The molecule has 0 amide bonds. The Hall–Kier alpha value is -1.55. The average Bonchev–Trinajstić information content (AvgIpc) is 2.02. The Morgan fingerprint density at radius 1 is 1.54 bits per heavy atom. The fraction of sp³-hybridized carbons (Fsp3) is 0. The number of anilines is 1. The predicted octanol–water partition coefficient (Wildman–Crippen LogP) is 2.17. The minimum Gasteiger partial charge on any atom is -0.398 e. The highest BCUT2D eigenvalue weighted by molar-refractivity contribution is 6.30. The molecule has 1 aromatic carbocycles. The molecule has 0 spiro atoms. The Kier molecular flexibility index (Phi) is 2.87. The van der Waals surface area contributed by atoms with Crippen LogP contribution in [0.1, 0.15) is 5.56 Å². The van der Waals surface area contributed by atoms with Crippen LogP contribution in [-0.2, 0) is 0 Å². The van der Waals surface area contributed by atoms with Crippen molar-refractivity contribution in [3.8, 4) is 0 Å². The maximum Gasteiger partial charge on any atom is 0.235 e. The maximum atomic E-state index is 10.0. The van der Waals surface area contributed by atoms with E-state index >= 15 is 0 Å². The largest absolute Gasteiger partial charge is 0.398 e. The number of nitrogens with two attached hydrogens (primary N) is 1. The van der Waals surface area contributed by atoms with Gasteiger partial charge in [-0.15, -0.1) is 0 Å². The molecule has 0 bridgehead atoms. The van der Waals surface area contributed by atoms with Crippen molar-refractivity contribution in [2.75, 3.05) is 5.73 Å². The van der Waals surface area contributed by atoms with Gasteiger partial charge in [0.1, 0.15) is 0 Å². The normalized spacial score (nSPS) is 10.5. The van der Waals surface area contributed by atoms with E-state index in [1.54, 1.807) is 18.2 Å². The molecule has 2 N–H and O–H groups in total. The van der Waals surface area contributed by atoms with Crippen LogP contribution in [0, 0.1) is 10.1 Å². The van der Waals surface area contributed by atoms with Crippen LogP contribution < -0.4 is 5.73 Å². The number of nitrogen functional groups attached to an aromatic ring is 1. The summed E-state index contributed by atoms with van der Waals surface area (Å²) in [6, 6.07) is 4.79. The van der Waals surface area contributed by atoms with E-state index in [2.05, 4.69) is 0 Å². The highest BCUT2D eigenvalue weighted by Crippen LogP contribution is 2.18. The number of nitro groups is 1. The first kappa shape index (κ1) is 9.54. The van der Waals surface area contributed by atoms with Crippen molar-refractivity contribution in [2.45, 2.75) is 0 Å². The molecule has 0 saturated heterocycles. The molecule has 0 saturated carbocycles. The molecule has 1 aromatic rings.